The van der Waals surface area contributed by atoms with E-state index >= 15 is 0 Å². The second-order valence-corrected chi connectivity index (χ2v) is 13.0. The molecule has 6 N–H and O–H groups in total. The van der Waals surface area contributed by atoms with Crippen molar-refractivity contribution in [2.45, 2.75) is 75.8 Å². The fourth-order valence-corrected chi connectivity index (χ4v) is 5.84. The Morgan fingerprint density at radius 2 is 0.887 bits per heavy atom. The number of phenols is 2. The average Bonchev–Trinajstić information content (AvgIpc) is 3.18. The van der Waals surface area contributed by atoms with Crippen LogP contribution in [-0.4, -0.2) is 80.8 Å². The van der Waals surface area contributed by atoms with Gasteiger partial charge in [0.2, 0.25) is 11.6 Å². The third kappa shape index (κ3) is 10.2. The molecule has 4 aromatic rings. The SMILES string of the molecule is CCCCCOc1ccc(C(O)(C(=O)c2ccc(O)cc2)C(O)COCC(O)C(O)(C(=O)c2ccc(O)cc2)c2ccc(OCCCCC)cc2)cc1. The van der Waals surface area contributed by atoms with Gasteiger partial charge in [-0.05, 0) is 96.8 Å². The van der Waals surface area contributed by atoms with E-state index in [0.29, 0.717) is 24.7 Å². The number of aromatic hydroxyl groups is 2. The predicted molar refractivity (Wildman–Crippen MR) is 198 cm³/mol. The Balaban J connectivity index is 1.57. The van der Waals surface area contributed by atoms with Crippen LogP contribution >= 0.6 is 0 Å². The topological polar surface area (TPSA) is 183 Å². The molecule has 0 aliphatic heterocycles. The Kier molecular flexibility index (Phi) is 15.0. The van der Waals surface area contributed by atoms with Gasteiger partial charge in [-0.2, -0.15) is 0 Å². The van der Waals surface area contributed by atoms with Crippen molar-refractivity contribution >= 4 is 11.6 Å². The number of rotatable bonds is 22. The summed E-state index contributed by atoms with van der Waals surface area (Å²) < 4.78 is 17.2. The van der Waals surface area contributed by atoms with Crippen molar-refractivity contribution in [3.63, 3.8) is 0 Å². The highest BCUT2D eigenvalue weighted by Gasteiger charge is 2.48. The summed E-state index contributed by atoms with van der Waals surface area (Å²) in [6, 6.07) is 22.4. The maximum Gasteiger partial charge on any atom is 0.201 e. The normalized spacial score (nSPS) is 14.8. The minimum absolute atomic E-state index is 0.00376. The molecule has 0 aliphatic rings. The summed E-state index contributed by atoms with van der Waals surface area (Å²) in [4.78, 5) is 27.7. The monoisotopic (exact) mass is 730 g/mol. The van der Waals surface area contributed by atoms with E-state index in [1.807, 2.05) is 0 Å². The number of aliphatic hydroxyl groups excluding tert-OH is 2. The highest BCUT2D eigenvalue weighted by Crippen LogP contribution is 2.34. The lowest BCUT2D eigenvalue weighted by Crippen LogP contribution is -2.51. The molecule has 0 amide bonds. The van der Waals surface area contributed by atoms with Crippen molar-refractivity contribution < 1.29 is 54.4 Å². The van der Waals surface area contributed by atoms with Crippen molar-refractivity contribution in [2.75, 3.05) is 26.4 Å². The van der Waals surface area contributed by atoms with Gasteiger partial charge in [0.1, 0.15) is 35.2 Å². The van der Waals surface area contributed by atoms with Crippen LogP contribution in [0.2, 0.25) is 0 Å². The molecule has 11 heteroatoms. The smallest absolute Gasteiger partial charge is 0.201 e. The number of benzene rings is 4. The van der Waals surface area contributed by atoms with Gasteiger partial charge < -0.3 is 44.8 Å². The number of hydrogen-bond acceptors (Lipinski definition) is 11. The fraction of sp³-hybridized carbons (Fsp3) is 0.381. The molecule has 0 saturated heterocycles. The molecule has 11 nitrogen and oxygen atoms in total. The zero-order valence-corrected chi connectivity index (χ0v) is 30.2. The summed E-state index contributed by atoms with van der Waals surface area (Å²) in [6.45, 7) is 3.72. The third-order valence-corrected chi connectivity index (χ3v) is 9.09. The molecule has 0 radical (unpaired) electrons. The Morgan fingerprint density at radius 3 is 1.21 bits per heavy atom. The maximum absolute atomic E-state index is 13.8. The van der Waals surface area contributed by atoms with Crippen LogP contribution in [0.15, 0.2) is 97.1 Å². The first-order valence-corrected chi connectivity index (χ1v) is 18.0. The van der Waals surface area contributed by atoms with Crippen molar-refractivity contribution in [2.24, 2.45) is 0 Å². The summed E-state index contributed by atoms with van der Waals surface area (Å²) >= 11 is 0. The van der Waals surface area contributed by atoms with E-state index in [1.54, 1.807) is 24.3 Å². The molecule has 0 fully saturated rings. The molecule has 0 saturated carbocycles. The van der Waals surface area contributed by atoms with Crippen LogP contribution < -0.4 is 9.47 Å². The largest absolute Gasteiger partial charge is 0.508 e. The lowest BCUT2D eigenvalue weighted by Gasteiger charge is -2.34. The number of ether oxygens (including phenoxy) is 3. The van der Waals surface area contributed by atoms with Crippen LogP contribution in [0.3, 0.4) is 0 Å². The van der Waals surface area contributed by atoms with Gasteiger partial charge >= 0.3 is 0 Å². The van der Waals surface area contributed by atoms with Gasteiger partial charge in [-0.15, -0.1) is 0 Å². The Morgan fingerprint density at radius 1 is 0.547 bits per heavy atom. The van der Waals surface area contributed by atoms with E-state index in [0.717, 1.165) is 38.5 Å². The van der Waals surface area contributed by atoms with Crippen LogP contribution in [0.1, 0.15) is 84.2 Å². The molecule has 53 heavy (non-hydrogen) atoms. The minimum Gasteiger partial charge on any atom is -0.508 e. The summed E-state index contributed by atoms with van der Waals surface area (Å²) in [5, 5.41) is 66.4. The molecule has 0 bridgehead atoms. The zero-order valence-electron chi connectivity index (χ0n) is 30.2. The number of aliphatic hydroxyl groups is 4. The molecule has 0 spiro atoms. The molecule has 4 aromatic carbocycles. The van der Waals surface area contributed by atoms with Gasteiger partial charge in [-0.25, -0.2) is 0 Å². The number of carbonyl (C=O) groups is 2. The second kappa shape index (κ2) is 19.3. The summed E-state index contributed by atoms with van der Waals surface area (Å²) in [6.07, 6.45) is 1.97. The summed E-state index contributed by atoms with van der Waals surface area (Å²) in [5.74, 6) is -0.964. The van der Waals surface area contributed by atoms with E-state index in [4.69, 9.17) is 14.2 Å². The number of Topliss-reactive ketones (excluding diaryl/α,β-unsaturated/α-hetero) is 2. The molecular weight excluding hydrogens is 680 g/mol. The molecule has 0 aromatic heterocycles. The Bertz CT molecular complexity index is 1590. The van der Waals surface area contributed by atoms with Crippen LogP contribution in [0.5, 0.6) is 23.0 Å². The first-order chi connectivity index (χ1) is 25.4. The number of hydrogen-bond donors (Lipinski definition) is 6. The van der Waals surface area contributed by atoms with Crippen molar-refractivity contribution in [3.8, 4) is 23.0 Å². The number of carbonyl (C=O) groups excluding carboxylic acids is 2. The molecule has 4 rings (SSSR count). The molecular formula is C42H50O11. The van der Waals surface area contributed by atoms with Gasteiger partial charge in [0, 0.05) is 11.1 Å². The standard InChI is InChI=1S/C42H50O11/c1-3-5-7-25-52-35-21-13-31(14-22-35)41(49,39(47)29-9-17-33(43)18-10-29)37(45)27-51-28-38(46)42(50,40(48)30-11-19-34(44)20-12-30)32-15-23-36(24-16-32)53-26-8-6-4-2/h9-24,37-38,43-46,49-50H,3-8,25-28H2,1-2H3. The summed E-state index contributed by atoms with van der Waals surface area (Å²) in [7, 11) is 0. The average molecular weight is 731 g/mol. The molecule has 4 atom stereocenters. The van der Waals surface area contributed by atoms with Gasteiger partial charge in [-0.1, -0.05) is 63.8 Å². The predicted octanol–water partition coefficient (Wildman–Crippen LogP) is 5.82. The third-order valence-electron chi connectivity index (χ3n) is 9.09. The lowest BCUT2D eigenvalue weighted by atomic mass is 9.81. The first kappa shape index (κ1) is 41.0. The van der Waals surface area contributed by atoms with E-state index in [-0.39, 0.29) is 33.8 Å². The number of phenolic OH excluding ortho intramolecular Hbond substituents is 2. The molecule has 0 heterocycles. The Hall–Kier alpha value is -4.78. The van der Waals surface area contributed by atoms with Gasteiger partial charge in [0.15, 0.2) is 11.2 Å². The van der Waals surface area contributed by atoms with Gasteiger partial charge in [0.05, 0.1) is 26.4 Å². The number of unbranched alkanes of at least 4 members (excludes halogenated alkanes) is 4. The van der Waals surface area contributed by atoms with Crippen LogP contribution in [0.4, 0.5) is 0 Å². The zero-order chi connectivity index (χ0) is 38.4. The van der Waals surface area contributed by atoms with E-state index in [9.17, 15) is 40.2 Å². The molecule has 284 valence electrons. The first-order valence-electron chi connectivity index (χ1n) is 18.0. The van der Waals surface area contributed by atoms with Crippen molar-refractivity contribution in [3.05, 3.63) is 119 Å². The number of ketones is 2. The van der Waals surface area contributed by atoms with E-state index in [2.05, 4.69) is 13.8 Å². The highest BCUT2D eigenvalue weighted by atomic mass is 16.5. The fourth-order valence-electron chi connectivity index (χ4n) is 5.84. The Labute approximate surface area is 310 Å². The van der Waals surface area contributed by atoms with Crippen molar-refractivity contribution in [1.82, 2.24) is 0 Å². The molecule has 4 unspecified atom stereocenters. The van der Waals surface area contributed by atoms with Gasteiger partial charge in [0.25, 0.3) is 0 Å². The van der Waals surface area contributed by atoms with E-state index < -0.39 is 48.2 Å². The van der Waals surface area contributed by atoms with Crippen LogP contribution in [0, 0.1) is 0 Å². The van der Waals surface area contributed by atoms with Crippen LogP contribution in [0.25, 0.3) is 0 Å². The van der Waals surface area contributed by atoms with Crippen LogP contribution in [-0.2, 0) is 15.9 Å². The minimum atomic E-state index is -2.56. The highest BCUT2D eigenvalue weighted by molar-refractivity contribution is 6.04. The van der Waals surface area contributed by atoms with E-state index in [1.165, 1.54) is 72.8 Å². The molecule has 0 aliphatic carbocycles. The quantitative estimate of drug-likeness (QED) is 0.0424. The maximum atomic E-state index is 13.8. The second-order valence-electron chi connectivity index (χ2n) is 13.0. The van der Waals surface area contributed by atoms with Gasteiger partial charge in [-0.3, -0.25) is 9.59 Å². The lowest BCUT2D eigenvalue weighted by molar-refractivity contribution is -0.120. The van der Waals surface area contributed by atoms with Crippen molar-refractivity contribution in [1.29, 1.82) is 0 Å². The summed E-state index contributed by atoms with van der Waals surface area (Å²) in [5.41, 5.74) is -5.07.